The molecule has 0 aliphatic rings. The lowest BCUT2D eigenvalue weighted by molar-refractivity contribution is -0.652. The Bertz CT molecular complexity index is 619. The van der Waals surface area contributed by atoms with Gasteiger partial charge in [0.2, 0.25) is 0 Å². The number of fused-ring (bicyclic) bond motifs is 1. The van der Waals surface area contributed by atoms with Crippen molar-refractivity contribution in [3.05, 3.63) is 36.7 Å². The standard InChI is InChI=1S/C12H12BN3S/c1-15-7-8-16(2)12(15)13-11-14-9-5-3-4-6-10(9)17-11/h3-8H,1-2H3. The molecule has 2 radical (unpaired) electrons. The van der Waals surface area contributed by atoms with Gasteiger partial charge >= 0.3 is 0 Å². The van der Waals surface area contributed by atoms with E-state index in [0.717, 1.165) is 16.1 Å². The minimum atomic E-state index is 1.05. The van der Waals surface area contributed by atoms with Crippen LogP contribution in [0.1, 0.15) is 0 Å². The maximum absolute atomic E-state index is 4.61. The minimum absolute atomic E-state index is 1.05. The molecule has 17 heavy (non-hydrogen) atoms. The van der Waals surface area contributed by atoms with Gasteiger partial charge < -0.3 is 0 Å². The van der Waals surface area contributed by atoms with Gasteiger partial charge in [-0.2, -0.15) is 11.3 Å². The van der Waals surface area contributed by atoms with Crippen LogP contribution in [0.25, 0.3) is 10.2 Å². The van der Waals surface area contributed by atoms with Crippen LogP contribution in [0.15, 0.2) is 36.7 Å². The normalized spacial score (nSPS) is 11.2. The Morgan fingerprint density at radius 2 is 2.18 bits per heavy atom. The van der Waals surface area contributed by atoms with E-state index >= 15 is 0 Å². The Kier molecular flexibility index (Phi) is 2.48. The summed E-state index contributed by atoms with van der Waals surface area (Å²) in [6.45, 7) is 0. The second kappa shape index (κ2) is 4.00. The highest BCUT2D eigenvalue weighted by Gasteiger charge is 2.02. The molecule has 0 bridgehead atoms. The van der Waals surface area contributed by atoms with E-state index in [1.807, 2.05) is 44.7 Å². The summed E-state index contributed by atoms with van der Waals surface area (Å²) in [5, 5.41) is 0. The third-order valence-electron chi connectivity index (χ3n) is 2.80. The number of nitrogens with zero attached hydrogens (tertiary/aromatic N) is 3. The molecule has 3 nitrogen and oxygen atoms in total. The molecule has 0 atom stereocenters. The summed E-state index contributed by atoms with van der Waals surface area (Å²) in [5.41, 5.74) is 2.21. The van der Waals surface area contributed by atoms with E-state index < -0.39 is 0 Å². The largest absolute Gasteiger partial charge is 0.290 e. The zero-order valence-electron chi connectivity index (χ0n) is 9.79. The molecule has 2 heterocycles. The van der Waals surface area contributed by atoms with E-state index in [1.54, 1.807) is 11.3 Å². The van der Waals surface area contributed by atoms with Gasteiger partial charge in [-0.1, -0.05) is 12.1 Å². The van der Waals surface area contributed by atoms with Crippen LogP contribution in [0.2, 0.25) is 0 Å². The van der Waals surface area contributed by atoms with Crippen LogP contribution < -0.4 is 15.2 Å². The van der Waals surface area contributed by atoms with Crippen molar-refractivity contribution in [1.82, 2.24) is 9.55 Å². The zero-order chi connectivity index (χ0) is 11.8. The Balaban J connectivity index is 2.00. The first kappa shape index (κ1) is 10.5. The molecule has 0 fully saturated rings. The molecular weight excluding hydrogens is 229 g/mol. The fraction of sp³-hybridized carbons (Fsp3) is 0.167. The van der Waals surface area contributed by atoms with Gasteiger partial charge in [-0.15, -0.1) is 12.2 Å². The Morgan fingerprint density at radius 3 is 2.88 bits per heavy atom. The fourth-order valence-corrected chi connectivity index (χ4v) is 2.77. The van der Waals surface area contributed by atoms with Crippen molar-refractivity contribution in [3.63, 3.8) is 0 Å². The van der Waals surface area contributed by atoms with Crippen molar-refractivity contribution >= 4 is 39.5 Å². The van der Waals surface area contributed by atoms with Gasteiger partial charge in [0.05, 0.1) is 24.3 Å². The van der Waals surface area contributed by atoms with Crippen LogP contribution in [-0.4, -0.2) is 16.8 Å². The van der Waals surface area contributed by atoms with E-state index in [9.17, 15) is 0 Å². The van der Waals surface area contributed by atoms with Gasteiger partial charge in [0.1, 0.15) is 12.4 Å². The van der Waals surface area contributed by atoms with E-state index in [2.05, 4.69) is 27.5 Å². The van der Waals surface area contributed by atoms with Crippen molar-refractivity contribution in [2.45, 2.75) is 0 Å². The smallest absolute Gasteiger partial charge is 0.125 e. The third kappa shape index (κ3) is 1.87. The maximum Gasteiger partial charge on any atom is 0.125 e. The Morgan fingerprint density at radius 1 is 1.35 bits per heavy atom. The van der Waals surface area contributed by atoms with Gasteiger partial charge in [0, 0.05) is 5.72 Å². The average molecular weight is 241 g/mol. The lowest BCUT2D eigenvalue weighted by atomic mass is 9.78. The highest BCUT2D eigenvalue weighted by molar-refractivity contribution is 7.27. The van der Waals surface area contributed by atoms with Crippen LogP contribution in [0.5, 0.6) is 0 Å². The number of hydrogen-bond donors (Lipinski definition) is 0. The predicted octanol–water partition coefficient (Wildman–Crippen LogP) is 0.114. The molecule has 0 amide bonds. The summed E-state index contributed by atoms with van der Waals surface area (Å²) in [7, 11) is 6.20. The first-order valence-corrected chi connectivity index (χ1v) is 6.27. The monoisotopic (exact) mass is 241 g/mol. The molecular formula is C12H12BN3S. The number of aryl methyl sites for hydroxylation is 2. The van der Waals surface area contributed by atoms with Gasteiger partial charge in [-0.3, -0.25) is 14.1 Å². The van der Waals surface area contributed by atoms with Gasteiger partial charge in [0.25, 0.3) is 0 Å². The number of thiazole rings is 1. The van der Waals surface area contributed by atoms with Crippen LogP contribution in [0, 0.1) is 0 Å². The van der Waals surface area contributed by atoms with Crippen molar-refractivity contribution in [2.75, 3.05) is 0 Å². The fourth-order valence-electron chi connectivity index (χ4n) is 1.87. The van der Waals surface area contributed by atoms with E-state index in [0.29, 0.717) is 0 Å². The summed E-state index contributed by atoms with van der Waals surface area (Å²) in [4.78, 5) is 5.65. The molecule has 0 N–H and O–H groups in total. The summed E-state index contributed by atoms with van der Waals surface area (Å²) in [6, 6.07) is 8.23. The maximum atomic E-state index is 4.61. The molecule has 0 unspecified atom stereocenters. The summed E-state index contributed by atoms with van der Waals surface area (Å²) < 4.78 is 5.41. The van der Waals surface area contributed by atoms with E-state index in [-0.39, 0.29) is 0 Å². The third-order valence-corrected chi connectivity index (χ3v) is 3.78. The molecule has 2 aromatic heterocycles. The summed E-state index contributed by atoms with van der Waals surface area (Å²) in [5.74, 6) is 0. The Labute approximate surface area is 105 Å². The van der Waals surface area contributed by atoms with Gasteiger partial charge in [-0.05, 0) is 12.1 Å². The molecule has 0 aliphatic carbocycles. The van der Waals surface area contributed by atoms with Crippen molar-refractivity contribution in [3.8, 4) is 0 Å². The van der Waals surface area contributed by atoms with Crippen LogP contribution in [0.3, 0.4) is 0 Å². The molecule has 0 aliphatic heterocycles. The first-order valence-electron chi connectivity index (χ1n) is 5.45. The number of hydrogen-bond acceptors (Lipinski definition) is 2. The van der Waals surface area contributed by atoms with Crippen molar-refractivity contribution < 1.29 is 4.57 Å². The molecule has 3 aromatic rings. The SMILES string of the molecule is Cn1cc[n+](C)c1[B-]c1nc2ccccc2s1. The number of imidazole rings is 1. The Hall–Kier alpha value is -1.62. The van der Waals surface area contributed by atoms with Crippen molar-refractivity contribution in [2.24, 2.45) is 14.1 Å². The summed E-state index contributed by atoms with van der Waals surface area (Å²) >= 11 is 1.72. The topological polar surface area (TPSA) is 21.7 Å². The number of rotatable bonds is 2. The molecule has 3 rings (SSSR count). The lowest BCUT2D eigenvalue weighted by Gasteiger charge is -2.09. The molecule has 5 heteroatoms. The molecule has 0 saturated heterocycles. The number of aromatic nitrogens is 3. The zero-order valence-corrected chi connectivity index (χ0v) is 10.6. The highest BCUT2D eigenvalue weighted by Crippen LogP contribution is 2.14. The van der Waals surface area contributed by atoms with Crippen LogP contribution >= 0.6 is 11.3 Å². The van der Waals surface area contributed by atoms with Gasteiger partial charge in [0.15, 0.2) is 0 Å². The molecule has 0 saturated carbocycles. The molecule has 84 valence electrons. The lowest BCUT2D eigenvalue weighted by Crippen LogP contribution is -2.52. The highest BCUT2D eigenvalue weighted by atomic mass is 32.1. The second-order valence-corrected chi connectivity index (χ2v) is 5.10. The van der Waals surface area contributed by atoms with Crippen LogP contribution in [-0.2, 0) is 14.1 Å². The molecule has 0 spiro atoms. The van der Waals surface area contributed by atoms with E-state index in [1.165, 1.54) is 4.70 Å². The van der Waals surface area contributed by atoms with E-state index in [4.69, 9.17) is 0 Å². The second-order valence-electron chi connectivity index (χ2n) is 4.04. The minimum Gasteiger partial charge on any atom is -0.290 e. The number of para-hydroxylation sites is 1. The van der Waals surface area contributed by atoms with Gasteiger partial charge in [-0.25, -0.2) is 0 Å². The quantitative estimate of drug-likeness (QED) is 0.461. The van der Waals surface area contributed by atoms with Crippen molar-refractivity contribution in [1.29, 1.82) is 0 Å². The first-order chi connectivity index (χ1) is 8.24. The predicted molar refractivity (Wildman–Crippen MR) is 71.2 cm³/mol. The average Bonchev–Trinajstić information content (AvgIpc) is 2.87. The van der Waals surface area contributed by atoms with Crippen LogP contribution in [0.4, 0.5) is 0 Å². The number of benzene rings is 1. The summed E-state index contributed by atoms with van der Waals surface area (Å²) in [6.07, 6.45) is 4.08. The molecule has 1 aromatic carbocycles.